The minimum absolute atomic E-state index is 0.203. The highest BCUT2D eigenvalue weighted by Gasteiger charge is 2.13. The normalized spacial score (nSPS) is 10.7. The molecule has 0 radical (unpaired) electrons. The molecule has 0 heterocycles. The Labute approximate surface area is 190 Å². The van der Waals surface area contributed by atoms with Crippen LogP contribution in [-0.2, 0) is 28.8 Å². The van der Waals surface area contributed by atoms with Crippen LogP contribution < -0.4 is 4.74 Å². The second-order valence-corrected chi connectivity index (χ2v) is 7.81. The van der Waals surface area contributed by atoms with Crippen molar-refractivity contribution in [1.29, 1.82) is 0 Å². The molecule has 162 valence electrons. The highest BCUT2D eigenvalue weighted by atomic mass is 35.5. The summed E-state index contributed by atoms with van der Waals surface area (Å²) in [6, 6.07) is 14.9. The third kappa shape index (κ3) is 6.36. The summed E-state index contributed by atoms with van der Waals surface area (Å²) in [5, 5.41) is 11.0. The maximum Gasteiger partial charge on any atom is 0.343 e. The summed E-state index contributed by atoms with van der Waals surface area (Å²) >= 11 is 12.8. The molecule has 0 bridgehead atoms. The van der Waals surface area contributed by atoms with Gasteiger partial charge in [0.05, 0.1) is 7.11 Å². The van der Waals surface area contributed by atoms with Gasteiger partial charge >= 0.3 is 5.97 Å². The van der Waals surface area contributed by atoms with Crippen molar-refractivity contribution in [2.45, 2.75) is 19.3 Å². The fourth-order valence-electron chi connectivity index (χ4n) is 3.12. The molecular weight excluding hydrogens is 442 g/mol. The number of halogens is 3. The average Bonchev–Trinajstić information content (AvgIpc) is 2.75. The van der Waals surface area contributed by atoms with Crippen molar-refractivity contribution in [2.24, 2.45) is 0 Å². The molecule has 3 rings (SSSR count). The van der Waals surface area contributed by atoms with Crippen LogP contribution in [0.4, 0.5) is 4.39 Å². The van der Waals surface area contributed by atoms with Gasteiger partial charge in [-0.25, -0.2) is 9.18 Å². The summed E-state index contributed by atoms with van der Waals surface area (Å²) in [4.78, 5) is 11.2. The first-order valence-corrected chi connectivity index (χ1v) is 10.3. The van der Waals surface area contributed by atoms with E-state index in [1.807, 2.05) is 12.1 Å². The molecule has 0 amide bonds. The van der Waals surface area contributed by atoms with E-state index >= 15 is 0 Å². The lowest BCUT2D eigenvalue weighted by Crippen LogP contribution is -2.12. The Morgan fingerprint density at radius 3 is 2.26 bits per heavy atom. The Hall–Kier alpha value is -2.76. The number of aromatic hydroxyl groups is 1. The molecule has 0 aliphatic rings. The van der Waals surface area contributed by atoms with Gasteiger partial charge in [0.1, 0.15) is 17.3 Å². The van der Waals surface area contributed by atoms with E-state index in [1.54, 1.807) is 30.3 Å². The lowest BCUT2D eigenvalue weighted by atomic mass is 9.98. The second-order valence-electron chi connectivity index (χ2n) is 7.00. The number of phenolic OH excluding ortho intramolecular Hbond substituents is 1. The molecular formula is C24H21Cl2FO4. The number of hydrogen-bond acceptors (Lipinski definition) is 4. The smallest absolute Gasteiger partial charge is 0.343 e. The number of benzene rings is 3. The highest BCUT2D eigenvalue weighted by molar-refractivity contribution is 6.36. The molecule has 0 aliphatic heterocycles. The van der Waals surface area contributed by atoms with E-state index in [0.29, 0.717) is 40.6 Å². The minimum atomic E-state index is -0.506. The Kier molecular flexibility index (Phi) is 7.77. The van der Waals surface area contributed by atoms with Gasteiger partial charge in [-0.3, -0.25) is 0 Å². The number of carbonyl (C=O) groups excluding carboxylic acids is 1. The maximum atomic E-state index is 13.1. The molecule has 0 unspecified atom stereocenters. The molecule has 0 spiro atoms. The van der Waals surface area contributed by atoms with Gasteiger partial charge in [0, 0.05) is 16.5 Å². The van der Waals surface area contributed by atoms with E-state index in [9.17, 15) is 14.3 Å². The molecule has 1 N–H and O–H groups in total. The zero-order valence-electron chi connectivity index (χ0n) is 16.8. The van der Waals surface area contributed by atoms with Gasteiger partial charge in [-0.15, -0.1) is 0 Å². The number of esters is 1. The number of carbonyl (C=O) groups is 1. The zero-order valence-corrected chi connectivity index (χ0v) is 18.3. The van der Waals surface area contributed by atoms with E-state index in [-0.39, 0.29) is 18.2 Å². The van der Waals surface area contributed by atoms with Crippen molar-refractivity contribution in [3.05, 3.63) is 92.7 Å². The summed E-state index contributed by atoms with van der Waals surface area (Å²) in [7, 11) is 1.28. The quantitative estimate of drug-likeness (QED) is 0.432. The number of aryl methyl sites for hydroxylation is 2. The summed E-state index contributed by atoms with van der Waals surface area (Å²) in [6.45, 7) is -0.238. The molecule has 0 aromatic heterocycles. The SMILES string of the molecule is COC(=O)COc1cc(Cl)c(Cc2ccc(O)c(CCc3ccc(F)cc3)c2)c(Cl)c1. The first-order chi connectivity index (χ1) is 14.9. The molecule has 7 heteroatoms. The van der Waals surface area contributed by atoms with Crippen molar-refractivity contribution in [1.82, 2.24) is 0 Å². The van der Waals surface area contributed by atoms with Gasteiger partial charge < -0.3 is 14.6 Å². The summed E-state index contributed by atoms with van der Waals surface area (Å²) in [5.74, 6) is -0.206. The molecule has 31 heavy (non-hydrogen) atoms. The number of rotatable bonds is 8. The Bertz CT molecular complexity index is 1040. The van der Waals surface area contributed by atoms with Crippen LogP contribution in [-0.4, -0.2) is 24.8 Å². The van der Waals surface area contributed by atoms with Crippen LogP contribution in [0.5, 0.6) is 11.5 Å². The summed E-state index contributed by atoms with van der Waals surface area (Å²) in [5.41, 5.74) is 3.41. The van der Waals surface area contributed by atoms with Gasteiger partial charge in [0.25, 0.3) is 0 Å². The van der Waals surface area contributed by atoms with Crippen molar-refractivity contribution in [3.63, 3.8) is 0 Å². The van der Waals surface area contributed by atoms with Gasteiger partial charge in [0.15, 0.2) is 6.61 Å². The topological polar surface area (TPSA) is 55.8 Å². The molecule has 0 saturated carbocycles. The largest absolute Gasteiger partial charge is 0.508 e. The third-order valence-electron chi connectivity index (χ3n) is 4.82. The number of phenols is 1. The molecule has 3 aromatic rings. The van der Waals surface area contributed by atoms with Crippen molar-refractivity contribution >= 4 is 29.2 Å². The van der Waals surface area contributed by atoms with Gasteiger partial charge in [-0.1, -0.05) is 47.5 Å². The van der Waals surface area contributed by atoms with Gasteiger partial charge in [-0.05, 0) is 65.4 Å². The van der Waals surface area contributed by atoms with E-state index < -0.39 is 5.97 Å². The second kappa shape index (κ2) is 10.5. The van der Waals surface area contributed by atoms with E-state index in [0.717, 1.165) is 16.7 Å². The maximum absolute atomic E-state index is 13.1. The zero-order chi connectivity index (χ0) is 22.4. The first-order valence-electron chi connectivity index (χ1n) is 9.58. The lowest BCUT2D eigenvalue weighted by molar-refractivity contribution is -0.142. The van der Waals surface area contributed by atoms with Crippen LogP contribution in [0.3, 0.4) is 0 Å². The lowest BCUT2D eigenvalue weighted by Gasteiger charge is -2.13. The van der Waals surface area contributed by atoms with Gasteiger partial charge in [-0.2, -0.15) is 0 Å². The van der Waals surface area contributed by atoms with Crippen molar-refractivity contribution in [3.8, 4) is 11.5 Å². The third-order valence-corrected chi connectivity index (χ3v) is 5.49. The molecule has 0 saturated heterocycles. The summed E-state index contributed by atoms with van der Waals surface area (Å²) in [6.07, 6.45) is 1.73. The Balaban J connectivity index is 1.72. The molecule has 3 aromatic carbocycles. The first kappa shape index (κ1) is 22.9. The van der Waals surface area contributed by atoms with Crippen molar-refractivity contribution in [2.75, 3.05) is 13.7 Å². The van der Waals surface area contributed by atoms with Crippen LogP contribution in [0.25, 0.3) is 0 Å². The van der Waals surface area contributed by atoms with Crippen LogP contribution >= 0.6 is 23.2 Å². The fraction of sp³-hybridized carbons (Fsp3) is 0.208. The van der Waals surface area contributed by atoms with E-state index in [1.165, 1.54) is 19.2 Å². The number of methoxy groups -OCH3 is 1. The summed E-state index contributed by atoms with van der Waals surface area (Å²) < 4.78 is 23.0. The van der Waals surface area contributed by atoms with Crippen molar-refractivity contribution < 1.29 is 23.8 Å². The predicted molar refractivity (Wildman–Crippen MR) is 119 cm³/mol. The Morgan fingerprint density at radius 2 is 1.61 bits per heavy atom. The standard InChI is InChI=1S/C24H21Cl2FO4/c1-30-24(29)14-31-19-12-21(25)20(22(26)13-19)11-16-5-9-23(28)17(10-16)6-2-15-3-7-18(27)8-4-15/h3-5,7-10,12-13,28H,2,6,11,14H2,1H3. The van der Waals surface area contributed by atoms with Crippen LogP contribution in [0.2, 0.25) is 10.0 Å². The predicted octanol–water partition coefficient (Wildman–Crippen LogP) is 5.77. The Morgan fingerprint density at radius 1 is 0.968 bits per heavy atom. The van der Waals surface area contributed by atoms with Gasteiger partial charge in [0.2, 0.25) is 0 Å². The molecule has 4 nitrogen and oxygen atoms in total. The van der Waals surface area contributed by atoms with Crippen LogP contribution in [0, 0.1) is 5.82 Å². The monoisotopic (exact) mass is 462 g/mol. The van der Waals surface area contributed by atoms with Crippen LogP contribution in [0.15, 0.2) is 54.6 Å². The molecule has 0 atom stereocenters. The van der Waals surface area contributed by atoms with Crippen LogP contribution in [0.1, 0.15) is 22.3 Å². The fourth-order valence-corrected chi connectivity index (χ4v) is 3.72. The van der Waals surface area contributed by atoms with E-state index in [4.69, 9.17) is 27.9 Å². The highest BCUT2D eigenvalue weighted by Crippen LogP contribution is 2.33. The molecule has 0 aliphatic carbocycles. The van der Waals surface area contributed by atoms with E-state index in [2.05, 4.69) is 4.74 Å². The number of ether oxygens (including phenoxy) is 2. The average molecular weight is 463 g/mol. The molecule has 0 fully saturated rings. The number of hydrogen-bond donors (Lipinski definition) is 1. The minimum Gasteiger partial charge on any atom is -0.508 e.